The van der Waals surface area contributed by atoms with Crippen LogP contribution in [0.15, 0.2) is 0 Å². The molecule has 0 amide bonds. The van der Waals surface area contributed by atoms with Gasteiger partial charge in [0.15, 0.2) is 0 Å². The van der Waals surface area contributed by atoms with Gasteiger partial charge < -0.3 is 41.2 Å². The van der Waals surface area contributed by atoms with Crippen LogP contribution in [0.3, 0.4) is 0 Å². The fourth-order valence-corrected chi connectivity index (χ4v) is 0. The van der Waals surface area contributed by atoms with Gasteiger partial charge in [-0.05, 0) is 0 Å². The Bertz CT molecular complexity index is 120. The predicted molar refractivity (Wildman–Crippen MR) is 40.9 cm³/mol. The van der Waals surface area contributed by atoms with Crippen molar-refractivity contribution in [1.29, 1.82) is 0 Å². The van der Waals surface area contributed by atoms with Gasteiger partial charge in [-0.1, -0.05) is 0 Å². The SMILES string of the molecule is [H-].[H-].[H-].[K+].[K+].[K+].[NH2-].[NH2-].[NH2-].[NH2-].[NH2-].[NH2-].[O]=[Cr](=[O])([OH])[OH]. The van der Waals surface area contributed by atoms with Gasteiger partial charge in [-0.3, -0.25) is 0 Å². The van der Waals surface area contributed by atoms with E-state index in [1.54, 1.807) is 0 Å². The van der Waals surface area contributed by atoms with Crippen molar-refractivity contribution in [3.63, 3.8) is 0 Å². The molecule has 0 bridgehead atoms. The Hall–Kier alpha value is 4.72. The van der Waals surface area contributed by atoms with Gasteiger partial charge in [0.05, 0.1) is 0 Å². The molecule has 0 atom stereocenters. The van der Waals surface area contributed by atoms with E-state index < -0.39 is 13.6 Å². The summed E-state index contributed by atoms with van der Waals surface area (Å²) in [6.45, 7) is 0. The van der Waals surface area contributed by atoms with Gasteiger partial charge >= 0.3 is 184 Å². The molecule has 0 fully saturated rings. The number of nitrogens with two attached hydrogens (primary N) is 6. The van der Waals surface area contributed by atoms with Gasteiger partial charge in [0.25, 0.3) is 0 Å². The van der Waals surface area contributed by atoms with Crippen LogP contribution in [-0.2, 0) is 21.2 Å². The Morgan fingerprint density at radius 3 is 0.643 bits per heavy atom. The van der Waals surface area contributed by atoms with E-state index in [2.05, 4.69) is 0 Å². The standard InChI is InChI=1S/Cr.3K.6H2N.2H2O.2O.3H/h;;;;8*1H2;;;;;/q+2;3*+1;6*-1;;;;;3*-1/p-2. The van der Waals surface area contributed by atoms with Crippen molar-refractivity contribution in [1.82, 2.24) is 0 Å². The van der Waals surface area contributed by atoms with E-state index in [0.717, 1.165) is 0 Å². The summed E-state index contributed by atoms with van der Waals surface area (Å²) in [5.74, 6) is 0. The van der Waals surface area contributed by atoms with Crippen LogP contribution in [0.5, 0.6) is 0 Å². The van der Waals surface area contributed by atoms with Gasteiger partial charge in [-0.25, -0.2) is 0 Å². The fraction of sp³-hybridized carbons (Fsp3) is 0. The number of rotatable bonds is 0. The Labute approximate surface area is 218 Å². The summed E-state index contributed by atoms with van der Waals surface area (Å²) in [4.78, 5) is 0. The molecule has 0 aromatic heterocycles. The maximum atomic E-state index is 8.82. The van der Waals surface area contributed by atoms with Crippen molar-refractivity contribution in [2.24, 2.45) is 0 Å². The monoisotopic (exact) mass is 334 g/mol. The molecule has 0 heterocycles. The molecule has 0 spiro atoms. The second-order valence-corrected chi connectivity index (χ2v) is 1.85. The Kier molecular flexibility index (Phi) is 238. The van der Waals surface area contributed by atoms with E-state index in [-0.39, 0.29) is 195 Å². The van der Waals surface area contributed by atoms with Crippen LogP contribution >= 0.6 is 0 Å². The average molecular weight is 334 g/mol. The molecule has 14 heteroatoms. The molecule has 10 nitrogen and oxygen atoms in total. The molecule has 0 aromatic carbocycles. The molecule has 14 N–H and O–H groups in total. The molecular weight excluding hydrogens is 317 g/mol. The molecule has 0 aliphatic heterocycles. The molecular formula is H17CrK3N6O4-6. The zero-order valence-corrected chi connectivity index (χ0v) is 19.2. The average Bonchev–Trinajstić information content (AvgIpc) is 0.722. The Morgan fingerprint density at radius 2 is 0.643 bits per heavy atom. The van der Waals surface area contributed by atoms with Gasteiger partial charge in [0.2, 0.25) is 0 Å². The first-order valence-electron chi connectivity index (χ1n) is 0.698. The Morgan fingerprint density at radius 1 is 0.643 bits per heavy atom. The molecule has 14 heavy (non-hydrogen) atoms. The van der Waals surface area contributed by atoms with Crippen molar-refractivity contribution >= 4 is 0 Å². The quantitative estimate of drug-likeness (QED) is 0.409. The molecule has 0 saturated carbocycles. The second kappa shape index (κ2) is 43.1. The van der Waals surface area contributed by atoms with E-state index in [1.807, 2.05) is 0 Å². The van der Waals surface area contributed by atoms with Crippen LogP contribution in [0.1, 0.15) is 4.28 Å². The molecule has 0 aromatic rings. The second-order valence-electron chi connectivity index (χ2n) is 0.448. The molecule has 0 radical (unpaired) electrons. The van der Waals surface area contributed by atoms with Crippen LogP contribution in [0.4, 0.5) is 0 Å². The van der Waals surface area contributed by atoms with Gasteiger partial charge in [0.1, 0.15) is 0 Å². The molecule has 0 saturated heterocycles. The first-order valence-corrected chi connectivity index (χ1v) is 2.88. The molecule has 0 unspecified atom stereocenters. The van der Waals surface area contributed by atoms with Crippen LogP contribution in [-0.4, -0.2) is 8.32 Å². The van der Waals surface area contributed by atoms with Crippen molar-refractivity contribution in [3.8, 4) is 0 Å². The van der Waals surface area contributed by atoms with Crippen LogP contribution < -0.4 is 154 Å². The van der Waals surface area contributed by atoms with Crippen LogP contribution in [0.2, 0.25) is 0 Å². The van der Waals surface area contributed by atoms with Crippen molar-refractivity contribution in [2.45, 2.75) is 0 Å². The van der Waals surface area contributed by atoms with Crippen molar-refractivity contribution in [3.05, 3.63) is 36.9 Å². The van der Waals surface area contributed by atoms with E-state index in [9.17, 15) is 0 Å². The van der Waals surface area contributed by atoms with Crippen molar-refractivity contribution in [2.75, 3.05) is 0 Å². The summed E-state index contributed by atoms with van der Waals surface area (Å²) in [7, 11) is 0. The first kappa shape index (κ1) is 77.3. The molecule has 0 aliphatic carbocycles. The fourth-order valence-electron chi connectivity index (χ4n) is 0. The van der Waals surface area contributed by atoms with Crippen molar-refractivity contribution < 1.29 is 188 Å². The van der Waals surface area contributed by atoms with E-state index >= 15 is 0 Å². The first-order chi connectivity index (χ1) is 2.00. The minimum atomic E-state index is -5.25. The zero-order chi connectivity index (χ0) is 4.50. The number of hydrogen-bond acceptors (Lipinski definition) is 2. The van der Waals surface area contributed by atoms with E-state index in [1.165, 1.54) is 0 Å². The van der Waals surface area contributed by atoms with Gasteiger partial charge in [-0.2, -0.15) is 0 Å². The summed E-state index contributed by atoms with van der Waals surface area (Å²) in [6, 6.07) is 0. The third kappa shape index (κ3) is 185. The minimum absolute atomic E-state index is 0. The zero-order valence-electron chi connectivity index (χ0n) is 11.6. The summed E-state index contributed by atoms with van der Waals surface area (Å²) in [5.41, 5.74) is 0. The summed E-state index contributed by atoms with van der Waals surface area (Å²) >= 11 is -5.25. The van der Waals surface area contributed by atoms with E-state index in [4.69, 9.17) is 15.9 Å². The van der Waals surface area contributed by atoms with E-state index in [0.29, 0.717) is 0 Å². The number of hydrogen-bond donors (Lipinski definition) is 2. The summed E-state index contributed by atoms with van der Waals surface area (Å²) in [6.07, 6.45) is 0. The van der Waals surface area contributed by atoms with Gasteiger partial charge in [0, 0.05) is 0 Å². The summed E-state index contributed by atoms with van der Waals surface area (Å²) < 4.78 is 31.9. The predicted octanol–water partition coefficient (Wildman–Crippen LogP) is -5.70. The molecule has 0 aliphatic rings. The van der Waals surface area contributed by atoms with Crippen LogP contribution in [0.25, 0.3) is 36.9 Å². The van der Waals surface area contributed by atoms with Gasteiger partial charge in [-0.15, -0.1) is 0 Å². The molecule has 0 rings (SSSR count). The maximum absolute atomic E-state index is 8.82. The third-order valence-electron chi connectivity index (χ3n) is 0. The Balaban J connectivity index is -0.00000000121. The summed E-state index contributed by atoms with van der Waals surface area (Å²) in [5, 5.41) is 0. The topological polar surface area (TPSA) is 276 Å². The van der Waals surface area contributed by atoms with Crippen LogP contribution in [0, 0.1) is 0 Å². The molecule has 86 valence electrons. The normalized spacial score (nSPS) is 4.14. The third-order valence-corrected chi connectivity index (χ3v) is 0.